The molecule has 0 spiro atoms. The van der Waals surface area contributed by atoms with Crippen molar-refractivity contribution >= 4 is 15.9 Å². The summed E-state index contributed by atoms with van der Waals surface area (Å²) in [7, 11) is 1.65. The molecule has 0 aliphatic rings. The second-order valence-electron chi connectivity index (χ2n) is 4.35. The quantitative estimate of drug-likeness (QED) is 0.660. The predicted octanol–water partition coefficient (Wildman–Crippen LogP) is 3.37. The number of halogens is 1. The molecule has 0 saturated carbocycles. The zero-order valence-corrected chi connectivity index (χ0v) is 14.1. The Hall–Kier alpha value is -0.780. The first-order chi connectivity index (χ1) is 9.72. The zero-order valence-electron chi connectivity index (χ0n) is 12.5. The standard InChI is InChI=1S/C15H24BrNO3/c1-4-6-19-7-8-20-15-13(16)9-12(11-17-5-2)10-14(15)18-3/h9-10,17H,4-8,11H2,1-3H3. The molecular weight excluding hydrogens is 322 g/mol. The van der Waals surface area contributed by atoms with Gasteiger partial charge in [-0.25, -0.2) is 0 Å². The summed E-state index contributed by atoms with van der Waals surface area (Å²) in [5.74, 6) is 1.47. The maximum absolute atomic E-state index is 5.75. The molecule has 1 N–H and O–H groups in total. The largest absolute Gasteiger partial charge is 0.493 e. The Labute approximate surface area is 129 Å². The minimum atomic E-state index is 0.515. The zero-order chi connectivity index (χ0) is 14.8. The van der Waals surface area contributed by atoms with Crippen LogP contribution in [0.5, 0.6) is 11.5 Å². The molecular formula is C15H24BrNO3. The highest BCUT2D eigenvalue weighted by Crippen LogP contribution is 2.36. The third kappa shape index (κ3) is 5.69. The lowest BCUT2D eigenvalue weighted by Gasteiger charge is -2.14. The van der Waals surface area contributed by atoms with Gasteiger partial charge in [-0.2, -0.15) is 0 Å². The Kier molecular flexibility index (Phi) is 8.65. The average molecular weight is 346 g/mol. The van der Waals surface area contributed by atoms with Gasteiger partial charge in [0.25, 0.3) is 0 Å². The molecule has 1 aromatic carbocycles. The molecule has 0 amide bonds. The highest BCUT2D eigenvalue weighted by molar-refractivity contribution is 9.10. The van der Waals surface area contributed by atoms with Crippen LogP contribution in [-0.2, 0) is 11.3 Å². The molecule has 1 rings (SSSR count). The van der Waals surface area contributed by atoms with Crippen LogP contribution in [0, 0.1) is 0 Å². The maximum atomic E-state index is 5.75. The lowest BCUT2D eigenvalue weighted by atomic mass is 10.2. The lowest BCUT2D eigenvalue weighted by molar-refractivity contribution is 0.0992. The summed E-state index contributed by atoms with van der Waals surface area (Å²) in [6, 6.07) is 4.04. The van der Waals surface area contributed by atoms with Crippen molar-refractivity contribution < 1.29 is 14.2 Å². The fourth-order valence-electron chi connectivity index (χ4n) is 1.73. The van der Waals surface area contributed by atoms with E-state index in [0.717, 1.165) is 47.7 Å². The second-order valence-corrected chi connectivity index (χ2v) is 5.20. The smallest absolute Gasteiger partial charge is 0.175 e. The van der Waals surface area contributed by atoms with Crippen molar-refractivity contribution in [2.75, 3.05) is 33.5 Å². The fraction of sp³-hybridized carbons (Fsp3) is 0.600. The van der Waals surface area contributed by atoms with E-state index in [2.05, 4.69) is 35.1 Å². The number of benzene rings is 1. The number of nitrogens with one attached hydrogen (secondary N) is 1. The molecule has 5 heteroatoms. The molecule has 0 aromatic heterocycles. The van der Waals surface area contributed by atoms with E-state index in [1.807, 2.05) is 12.1 Å². The van der Waals surface area contributed by atoms with Crippen LogP contribution in [0.1, 0.15) is 25.8 Å². The van der Waals surface area contributed by atoms with Crippen molar-refractivity contribution in [2.45, 2.75) is 26.8 Å². The van der Waals surface area contributed by atoms with E-state index >= 15 is 0 Å². The van der Waals surface area contributed by atoms with Crippen LogP contribution in [0.25, 0.3) is 0 Å². The summed E-state index contributed by atoms with van der Waals surface area (Å²) < 4.78 is 17.5. The molecule has 1 aromatic rings. The van der Waals surface area contributed by atoms with E-state index in [-0.39, 0.29) is 0 Å². The van der Waals surface area contributed by atoms with Crippen molar-refractivity contribution in [3.63, 3.8) is 0 Å². The molecule has 0 aliphatic heterocycles. The van der Waals surface area contributed by atoms with Crippen molar-refractivity contribution in [1.82, 2.24) is 5.32 Å². The lowest BCUT2D eigenvalue weighted by Crippen LogP contribution is -2.12. The molecule has 114 valence electrons. The summed E-state index contributed by atoms with van der Waals surface area (Å²) in [6.45, 7) is 7.79. The third-order valence-electron chi connectivity index (χ3n) is 2.69. The summed E-state index contributed by atoms with van der Waals surface area (Å²) in [5.41, 5.74) is 1.16. The van der Waals surface area contributed by atoms with Gasteiger partial charge in [0, 0.05) is 13.2 Å². The molecule has 4 nitrogen and oxygen atoms in total. The molecule has 0 radical (unpaired) electrons. The van der Waals surface area contributed by atoms with E-state index in [9.17, 15) is 0 Å². The number of ether oxygens (including phenoxy) is 3. The van der Waals surface area contributed by atoms with Crippen molar-refractivity contribution in [2.24, 2.45) is 0 Å². The SMILES string of the molecule is CCCOCCOc1c(Br)cc(CNCC)cc1OC. The predicted molar refractivity (Wildman–Crippen MR) is 84.7 cm³/mol. The topological polar surface area (TPSA) is 39.7 Å². The van der Waals surface area contributed by atoms with Crippen LogP contribution in [-0.4, -0.2) is 33.5 Å². The van der Waals surface area contributed by atoms with Gasteiger partial charge >= 0.3 is 0 Å². The Morgan fingerprint density at radius 3 is 2.60 bits per heavy atom. The summed E-state index contributed by atoms with van der Waals surface area (Å²) >= 11 is 3.54. The van der Waals surface area contributed by atoms with Crippen LogP contribution in [0.15, 0.2) is 16.6 Å². The van der Waals surface area contributed by atoms with Gasteiger partial charge in [-0.05, 0) is 46.6 Å². The first-order valence-electron chi connectivity index (χ1n) is 7.00. The minimum Gasteiger partial charge on any atom is -0.493 e. The van der Waals surface area contributed by atoms with Gasteiger partial charge in [-0.15, -0.1) is 0 Å². The highest BCUT2D eigenvalue weighted by Gasteiger charge is 2.11. The Morgan fingerprint density at radius 1 is 1.15 bits per heavy atom. The van der Waals surface area contributed by atoms with Gasteiger partial charge in [0.1, 0.15) is 6.61 Å². The molecule has 0 atom stereocenters. The van der Waals surface area contributed by atoms with Crippen LogP contribution in [0.3, 0.4) is 0 Å². The summed E-state index contributed by atoms with van der Waals surface area (Å²) in [4.78, 5) is 0. The Balaban J connectivity index is 2.64. The second kappa shape index (κ2) is 10.0. The number of hydrogen-bond donors (Lipinski definition) is 1. The van der Waals surface area contributed by atoms with Crippen LogP contribution in [0.4, 0.5) is 0 Å². The monoisotopic (exact) mass is 345 g/mol. The fourth-order valence-corrected chi connectivity index (χ4v) is 2.34. The first-order valence-corrected chi connectivity index (χ1v) is 7.79. The van der Waals surface area contributed by atoms with E-state index in [0.29, 0.717) is 13.2 Å². The van der Waals surface area contributed by atoms with Gasteiger partial charge in [0.05, 0.1) is 18.2 Å². The molecule has 0 bridgehead atoms. The number of methoxy groups -OCH3 is 1. The highest BCUT2D eigenvalue weighted by atomic mass is 79.9. The minimum absolute atomic E-state index is 0.515. The van der Waals surface area contributed by atoms with Gasteiger partial charge in [0.2, 0.25) is 0 Å². The van der Waals surface area contributed by atoms with E-state index < -0.39 is 0 Å². The van der Waals surface area contributed by atoms with Crippen molar-refractivity contribution in [3.05, 3.63) is 22.2 Å². The summed E-state index contributed by atoms with van der Waals surface area (Å²) in [5, 5.41) is 3.29. The van der Waals surface area contributed by atoms with Crippen LogP contribution >= 0.6 is 15.9 Å². The summed E-state index contributed by atoms with van der Waals surface area (Å²) in [6.07, 6.45) is 1.02. The molecule has 0 saturated heterocycles. The van der Waals surface area contributed by atoms with Crippen molar-refractivity contribution in [3.8, 4) is 11.5 Å². The molecule has 0 fully saturated rings. The Bertz CT molecular complexity index is 399. The van der Waals surface area contributed by atoms with Crippen LogP contribution < -0.4 is 14.8 Å². The van der Waals surface area contributed by atoms with Gasteiger partial charge in [-0.1, -0.05) is 13.8 Å². The normalized spacial score (nSPS) is 10.6. The maximum Gasteiger partial charge on any atom is 0.175 e. The van der Waals surface area contributed by atoms with Crippen LogP contribution in [0.2, 0.25) is 0 Å². The van der Waals surface area contributed by atoms with Crippen molar-refractivity contribution in [1.29, 1.82) is 0 Å². The Morgan fingerprint density at radius 2 is 1.95 bits per heavy atom. The van der Waals surface area contributed by atoms with Gasteiger partial charge < -0.3 is 19.5 Å². The average Bonchev–Trinajstić information content (AvgIpc) is 2.46. The molecule has 20 heavy (non-hydrogen) atoms. The third-order valence-corrected chi connectivity index (χ3v) is 3.28. The van der Waals surface area contributed by atoms with Gasteiger partial charge in [-0.3, -0.25) is 0 Å². The molecule has 0 heterocycles. The van der Waals surface area contributed by atoms with E-state index in [4.69, 9.17) is 14.2 Å². The first kappa shape index (κ1) is 17.3. The van der Waals surface area contributed by atoms with E-state index in [1.54, 1.807) is 7.11 Å². The number of hydrogen-bond acceptors (Lipinski definition) is 4. The van der Waals surface area contributed by atoms with E-state index in [1.165, 1.54) is 0 Å². The molecule has 0 unspecified atom stereocenters. The number of rotatable bonds is 10. The molecule has 0 aliphatic carbocycles. The van der Waals surface area contributed by atoms with Gasteiger partial charge in [0.15, 0.2) is 11.5 Å².